The molecular formula is C19H22N6O2. The molecule has 1 aromatic rings. The number of allylic oxidation sites excluding steroid dienone is 1. The molecule has 8 nitrogen and oxygen atoms in total. The van der Waals surface area contributed by atoms with E-state index >= 15 is 0 Å². The Morgan fingerprint density at radius 3 is 2.89 bits per heavy atom. The number of fused-ring (bicyclic) bond motifs is 3. The van der Waals surface area contributed by atoms with Crippen LogP contribution in [-0.2, 0) is 4.79 Å². The summed E-state index contributed by atoms with van der Waals surface area (Å²) in [6.45, 7) is 1.71. The van der Waals surface area contributed by atoms with Gasteiger partial charge in [-0.15, -0.1) is 0 Å². The SMILES string of the molecule is O=C(NC1CC1)C1C=CC2=C(N1)N(C(=O)Nc1ccccn1)[C@H]1CCN2C1. The molecule has 1 aliphatic carbocycles. The largest absolute Gasteiger partial charge is 0.366 e. The van der Waals surface area contributed by atoms with Crippen molar-refractivity contribution in [1.82, 2.24) is 25.4 Å². The van der Waals surface area contributed by atoms with Crippen LogP contribution in [0.15, 0.2) is 48.1 Å². The first-order chi connectivity index (χ1) is 13.2. The second-order valence-corrected chi connectivity index (χ2v) is 7.40. The van der Waals surface area contributed by atoms with Gasteiger partial charge in [0.15, 0.2) is 0 Å². The maximum atomic E-state index is 13.0. The first-order valence-corrected chi connectivity index (χ1v) is 9.44. The van der Waals surface area contributed by atoms with Crippen LogP contribution in [0.4, 0.5) is 10.6 Å². The molecular weight excluding hydrogens is 344 g/mol. The van der Waals surface area contributed by atoms with Crippen LogP contribution >= 0.6 is 0 Å². The molecule has 3 aliphatic heterocycles. The molecule has 2 bridgehead atoms. The number of hydrogen-bond acceptors (Lipinski definition) is 5. The van der Waals surface area contributed by atoms with Crippen molar-refractivity contribution in [2.24, 2.45) is 0 Å². The summed E-state index contributed by atoms with van der Waals surface area (Å²) in [6, 6.07) is 5.10. The Morgan fingerprint density at radius 1 is 1.22 bits per heavy atom. The summed E-state index contributed by atoms with van der Waals surface area (Å²) in [4.78, 5) is 33.7. The molecule has 0 aromatic carbocycles. The van der Waals surface area contributed by atoms with Crippen LogP contribution in [0.3, 0.4) is 0 Å². The lowest BCUT2D eigenvalue weighted by atomic mass is 10.1. The zero-order chi connectivity index (χ0) is 18.4. The Kier molecular flexibility index (Phi) is 3.77. The van der Waals surface area contributed by atoms with Crippen LogP contribution in [0.2, 0.25) is 0 Å². The van der Waals surface area contributed by atoms with E-state index in [0.717, 1.165) is 38.0 Å². The Labute approximate surface area is 157 Å². The molecule has 3 amide bonds. The zero-order valence-corrected chi connectivity index (χ0v) is 14.9. The number of anilines is 1. The minimum absolute atomic E-state index is 0.0432. The van der Waals surface area contributed by atoms with E-state index in [1.54, 1.807) is 17.2 Å². The molecule has 1 unspecified atom stereocenters. The number of carbonyl (C=O) groups is 2. The highest BCUT2D eigenvalue weighted by Crippen LogP contribution is 2.33. The van der Waals surface area contributed by atoms with Crippen molar-refractivity contribution in [1.29, 1.82) is 0 Å². The molecule has 1 saturated carbocycles. The number of amides is 3. The molecule has 1 saturated heterocycles. The number of hydrogen-bond donors (Lipinski definition) is 3. The summed E-state index contributed by atoms with van der Waals surface area (Å²) in [5, 5.41) is 9.19. The van der Waals surface area contributed by atoms with Gasteiger partial charge in [0.25, 0.3) is 0 Å². The summed E-state index contributed by atoms with van der Waals surface area (Å²) in [5.41, 5.74) is 0.968. The van der Waals surface area contributed by atoms with Crippen LogP contribution in [-0.4, -0.2) is 57.9 Å². The van der Waals surface area contributed by atoms with E-state index in [0.29, 0.717) is 17.7 Å². The highest BCUT2D eigenvalue weighted by Gasteiger charge is 2.42. The van der Waals surface area contributed by atoms with Gasteiger partial charge in [0.05, 0.1) is 11.7 Å². The fourth-order valence-corrected chi connectivity index (χ4v) is 3.88. The molecule has 0 spiro atoms. The molecule has 4 heterocycles. The topological polar surface area (TPSA) is 89.6 Å². The first-order valence-electron chi connectivity index (χ1n) is 9.44. The van der Waals surface area contributed by atoms with Gasteiger partial charge in [-0.1, -0.05) is 12.1 Å². The number of urea groups is 1. The molecule has 3 N–H and O–H groups in total. The van der Waals surface area contributed by atoms with Crippen LogP contribution in [0.1, 0.15) is 19.3 Å². The second-order valence-electron chi connectivity index (χ2n) is 7.40. The molecule has 0 radical (unpaired) electrons. The fourth-order valence-electron chi connectivity index (χ4n) is 3.88. The molecule has 140 valence electrons. The minimum Gasteiger partial charge on any atom is -0.366 e. The average molecular weight is 366 g/mol. The van der Waals surface area contributed by atoms with Gasteiger partial charge in [0.1, 0.15) is 17.7 Å². The van der Waals surface area contributed by atoms with Crippen molar-refractivity contribution in [3.8, 4) is 0 Å². The third-order valence-electron chi connectivity index (χ3n) is 5.42. The molecule has 1 aromatic heterocycles. The predicted molar refractivity (Wildman–Crippen MR) is 99.3 cm³/mol. The van der Waals surface area contributed by atoms with E-state index in [1.807, 2.05) is 24.3 Å². The Balaban J connectivity index is 1.39. The van der Waals surface area contributed by atoms with Crippen molar-refractivity contribution in [2.75, 3.05) is 18.4 Å². The maximum absolute atomic E-state index is 13.0. The number of rotatable bonds is 3. The average Bonchev–Trinajstić information content (AvgIpc) is 3.40. The third-order valence-corrected chi connectivity index (χ3v) is 5.42. The van der Waals surface area contributed by atoms with E-state index in [2.05, 4.69) is 25.8 Å². The highest BCUT2D eigenvalue weighted by molar-refractivity contribution is 5.91. The number of carbonyl (C=O) groups excluding carboxylic acids is 2. The second kappa shape index (κ2) is 6.29. The van der Waals surface area contributed by atoms with Crippen molar-refractivity contribution < 1.29 is 9.59 Å². The summed E-state index contributed by atoms with van der Waals surface area (Å²) in [6.07, 6.45) is 8.48. The number of aromatic nitrogens is 1. The van der Waals surface area contributed by atoms with Crippen molar-refractivity contribution >= 4 is 17.8 Å². The molecule has 27 heavy (non-hydrogen) atoms. The third kappa shape index (κ3) is 3.01. The van der Waals surface area contributed by atoms with E-state index in [1.165, 1.54) is 0 Å². The van der Waals surface area contributed by atoms with Gasteiger partial charge in [-0.05, 0) is 37.5 Å². The molecule has 2 atom stereocenters. The lowest BCUT2D eigenvalue weighted by molar-refractivity contribution is -0.122. The molecule has 2 fully saturated rings. The predicted octanol–water partition coefficient (Wildman–Crippen LogP) is 0.979. The summed E-state index contributed by atoms with van der Waals surface area (Å²) in [5.74, 6) is 1.17. The van der Waals surface area contributed by atoms with Gasteiger partial charge >= 0.3 is 6.03 Å². The fraction of sp³-hybridized carbons (Fsp3) is 0.421. The van der Waals surface area contributed by atoms with Gasteiger partial charge in [-0.2, -0.15) is 0 Å². The van der Waals surface area contributed by atoms with Crippen LogP contribution in [0.5, 0.6) is 0 Å². The highest BCUT2D eigenvalue weighted by atomic mass is 16.2. The van der Waals surface area contributed by atoms with Gasteiger partial charge in [0.2, 0.25) is 5.91 Å². The molecule has 4 aliphatic rings. The number of pyridine rings is 1. The van der Waals surface area contributed by atoms with Gasteiger partial charge in [-0.25, -0.2) is 9.78 Å². The van der Waals surface area contributed by atoms with Crippen LogP contribution in [0, 0.1) is 0 Å². The zero-order valence-electron chi connectivity index (χ0n) is 14.9. The molecule has 5 rings (SSSR count). The summed E-state index contributed by atoms with van der Waals surface area (Å²) < 4.78 is 0. The number of nitrogens with zero attached hydrogens (tertiary/aromatic N) is 3. The van der Waals surface area contributed by atoms with E-state index in [9.17, 15) is 9.59 Å². The number of nitrogens with one attached hydrogen (secondary N) is 3. The quantitative estimate of drug-likeness (QED) is 0.742. The number of dihydropyridines is 1. The van der Waals surface area contributed by atoms with E-state index in [4.69, 9.17) is 0 Å². The Bertz CT molecular complexity index is 832. The lowest BCUT2D eigenvalue weighted by Crippen LogP contribution is -2.56. The monoisotopic (exact) mass is 366 g/mol. The molecule has 8 heteroatoms. The maximum Gasteiger partial charge on any atom is 0.328 e. The summed E-state index contributed by atoms with van der Waals surface area (Å²) in [7, 11) is 0. The van der Waals surface area contributed by atoms with Crippen LogP contribution in [0.25, 0.3) is 0 Å². The van der Waals surface area contributed by atoms with Gasteiger partial charge < -0.3 is 15.5 Å². The van der Waals surface area contributed by atoms with E-state index < -0.39 is 6.04 Å². The van der Waals surface area contributed by atoms with Gasteiger partial charge in [0, 0.05) is 25.3 Å². The Morgan fingerprint density at radius 2 is 2.11 bits per heavy atom. The van der Waals surface area contributed by atoms with Crippen molar-refractivity contribution in [2.45, 2.75) is 37.4 Å². The van der Waals surface area contributed by atoms with Crippen molar-refractivity contribution in [3.05, 3.63) is 48.1 Å². The van der Waals surface area contributed by atoms with Gasteiger partial charge in [-0.3, -0.25) is 15.0 Å². The lowest BCUT2D eigenvalue weighted by Gasteiger charge is -2.40. The summed E-state index contributed by atoms with van der Waals surface area (Å²) >= 11 is 0. The van der Waals surface area contributed by atoms with Crippen LogP contribution < -0.4 is 16.0 Å². The minimum atomic E-state index is -0.465. The first kappa shape index (κ1) is 16.2. The standard InChI is InChI=1S/C19H22N6O2/c26-18(21-12-4-5-12)14-6-7-15-17(22-14)25(13-8-10-24(15)11-13)19(27)23-16-3-1-2-9-20-16/h1-3,6-7,9,12-14,22H,4-5,8,10-11H2,(H,21,26)(H,20,23,27)/t13-,14?/m0/s1. The van der Waals surface area contributed by atoms with E-state index in [-0.39, 0.29) is 18.0 Å². The Hall–Kier alpha value is -3.03. The smallest absolute Gasteiger partial charge is 0.328 e. The van der Waals surface area contributed by atoms with Crippen molar-refractivity contribution in [3.63, 3.8) is 0 Å². The normalized spacial score (nSPS) is 25.8.